The summed E-state index contributed by atoms with van der Waals surface area (Å²) in [7, 11) is 0. The summed E-state index contributed by atoms with van der Waals surface area (Å²) in [6.45, 7) is 0. The van der Waals surface area contributed by atoms with Crippen LogP contribution in [0.5, 0.6) is 0 Å². The molecule has 7 nitrogen and oxygen atoms in total. The molecule has 4 rings (SSSR count). The summed E-state index contributed by atoms with van der Waals surface area (Å²) in [4.78, 5) is 3.97. The fourth-order valence-electron chi connectivity index (χ4n) is 2.23. The quantitative estimate of drug-likeness (QED) is 0.461. The Hall–Kier alpha value is -3.35. The average molecular weight is 289 g/mol. The minimum Gasteiger partial charge on any atom is -0.265 e. The van der Waals surface area contributed by atoms with E-state index in [-0.39, 0.29) is 0 Å². The highest BCUT2D eigenvalue weighted by atomic mass is 15.4. The van der Waals surface area contributed by atoms with Crippen molar-refractivity contribution in [1.82, 2.24) is 24.8 Å². The molecule has 0 saturated heterocycles. The van der Waals surface area contributed by atoms with E-state index >= 15 is 0 Å². The van der Waals surface area contributed by atoms with Crippen molar-refractivity contribution in [2.24, 2.45) is 5.10 Å². The van der Waals surface area contributed by atoms with Crippen LogP contribution in [0.25, 0.3) is 16.4 Å². The number of pyridine rings is 1. The molecule has 0 atom stereocenters. The molecule has 0 radical (unpaired) electrons. The lowest BCUT2D eigenvalue weighted by atomic mass is 10.2. The van der Waals surface area contributed by atoms with E-state index < -0.39 is 0 Å². The molecular weight excluding hydrogens is 278 g/mol. The van der Waals surface area contributed by atoms with Crippen LogP contribution in [-0.4, -0.2) is 31.0 Å². The maximum Gasteiger partial charge on any atom is 0.185 e. The van der Waals surface area contributed by atoms with Crippen molar-refractivity contribution in [3.05, 3.63) is 60.7 Å². The van der Waals surface area contributed by atoms with Crippen LogP contribution in [0, 0.1) is 0 Å². The highest BCUT2D eigenvalue weighted by Gasteiger charge is 2.08. The monoisotopic (exact) mass is 289 g/mol. The molecule has 0 aliphatic rings. The fraction of sp³-hybridized carbons (Fsp3) is 0. The molecule has 1 aromatic carbocycles. The van der Waals surface area contributed by atoms with Crippen molar-refractivity contribution in [2.45, 2.75) is 0 Å². The molecule has 3 heterocycles. The number of hydrogen-bond acceptors (Lipinski definition) is 6. The molecule has 0 unspecified atom stereocenters. The molecule has 0 spiro atoms. The van der Waals surface area contributed by atoms with Crippen LogP contribution in [0.1, 0.15) is 5.56 Å². The topological polar surface area (TPSA) is 80.4 Å². The van der Waals surface area contributed by atoms with Gasteiger partial charge in [0.2, 0.25) is 0 Å². The van der Waals surface area contributed by atoms with Crippen LogP contribution in [0.2, 0.25) is 0 Å². The van der Waals surface area contributed by atoms with E-state index in [1.54, 1.807) is 29.5 Å². The van der Waals surface area contributed by atoms with Gasteiger partial charge in [0.15, 0.2) is 11.5 Å². The van der Waals surface area contributed by atoms with Gasteiger partial charge in [0.1, 0.15) is 6.33 Å². The highest BCUT2D eigenvalue weighted by molar-refractivity contribution is 5.99. The van der Waals surface area contributed by atoms with Crippen molar-refractivity contribution in [3.8, 4) is 0 Å². The third kappa shape index (κ3) is 2.14. The van der Waals surface area contributed by atoms with Gasteiger partial charge in [-0.1, -0.05) is 24.3 Å². The van der Waals surface area contributed by atoms with E-state index in [0.717, 1.165) is 22.0 Å². The Morgan fingerprint density at radius 2 is 1.86 bits per heavy atom. The van der Waals surface area contributed by atoms with E-state index in [1.165, 1.54) is 0 Å². The molecule has 22 heavy (non-hydrogen) atoms. The number of nitrogens with one attached hydrogen (secondary N) is 1. The van der Waals surface area contributed by atoms with Gasteiger partial charge < -0.3 is 0 Å². The van der Waals surface area contributed by atoms with E-state index in [0.29, 0.717) is 5.82 Å². The van der Waals surface area contributed by atoms with Gasteiger partial charge in [0, 0.05) is 23.2 Å². The maximum atomic E-state index is 4.45. The molecule has 0 aliphatic carbocycles. The van der Waals surface area contributed by atoms with Gasteiger partial charge in [-0.2, -0.15) is 9.62 Å². The molecule has 0 amide bonds. The summed E-state index contributed by atoms with van der Waals surface area (Å²) in [5, 5.41) is 18.6. The summed E-state index contributed by atoms with van der Waals surface area (Å²) in [6, 6.07) is 11.6. The van der Waals surface area contributed by atoms with Crippen LogP contribution in [0.15, 0.2) is 60.2 Å². The Morgan fingerprint density at radius 1 is 1.05 bits per heavy atom. The normalized spacial score (nSPS) is 11.5. The maximum absolute atomic E-state index is 4.45. The molecule has 0 aliphatic heterocycles. The number of hydrazone groups is 1. The average Bonchev–Trinajstić information content (AvgIpc) is 3.04. The largest absolute Gasteiger partial charge is 0.265 e. The summed E-state index contributed by atoms with van der Waals surface area (Å²) < 4.78 is 1.63. The zero-order valence-electron chi connectivity index (χ0n) is 11.5. The second-order valence-corrected chi connectivity index (χ2v) is 4.64. The first kappa shape index (κ1) is 12.4. The Labute approximate surface area is 125 Å². The lowest BCUT2D eigenvalue weighted by Gasteiger charge is -2.05. The van der Waals surface area contributed by atoms with Crippen molar-refractivity contribution in [3.63, 3.8) is 0 Å². The zero-order chi connectivity index (χ0) is 14.8. The SMILES string of the molecule is C(=N\Nc1nn2cnnc2c2ccccc12)/c1ccncc1. The van der Waals surface area contributed by atoms with Gasteiger partial charge in [0.25, 0.3) is 0 Å². The fourth-order valence-corrected chi connectivity index (χ4v) is 2.23. The van der Waals surface area contributed by atoms with Crippen LogP contribution in [-0.2, 0) is 0 Å². The summed E-state index contributed by atoms with van der Waals surface area (Å²) in [5.74, 6) is 0.646. The summed E-state index contributed by atoms with van der Waals surface area (Å²) >= 11 is 0. The van der Waals surface area contributed by atoms with Gasteiger partial charge in [0.05, 0.1) is 6.21 Å². The number of aromatic nitrogens is 5. The standard InChI is InChI=1S/C15H11N7/c1-2-4-13-12(3-1)14(21-22-10-18-20-15(13)22)19-17-9-11-5-7-16-8-6-11/h1-10H,(H,19,21)/b17-9+. The van der Waals surface area contributed by atoms with Gasteiger partial charge in [-0.25, -0.2) is 0 Å². The number of benzene rings is 1. The molecule has 3 aromatic heterocycles. The second-order valence-electron chi connectivity index (χ2n) is 4.64. The van der Waals surface area contributed by atoms with Crippen LogP contribution >= 0.6 is 0 Å². The molecular formula is C15H11N7. The highest BCUT2D eigenvalue weighted by Crippen LogP contribution is 2.23. The number of nitrogens with zero attached hydrogens (tertiary/aromatic N) is 6. The molecule has 0 bridgehead atoms. The van der Waals surface area contributed by atoms with E-state index in [1.807, 2.05) is 36.4 Å². The zero-order valence-corrected chi connectivity index (χ0v) is 11.5. The van der Waals surface area contributed by atoms with Crippen molar-refractivity contribution < 1.29 is 0 Å². The number of rotatable bonds is 3. The van der Waals surface area contributed by atoms with Gasteiger partial charge in [-0.15, -0.1) is 15.3 Å². The Kier molecular flexibility index (Phi) is 2.93. The number of hydrogen-bond donors (Lipinski definition) is 1. The molecule has 0 fully saturated rings. The number of fused-ring (bicyclic) bond motifs is 3. The van der Waals surface area contributed by atoms with E-state index in [9.17, 15) is 0 Å². The molecule has 0 saturated carbocycles. The van der Waals surface area contributed by atoms with Gasteiger partial charge in [-0.05, 0) is 17.7 Å². The third-order valence-corrected chi connectivity index (χ3v) is 3.25. The molecule has 4 aromatic rings. The van der Waals surface area contributed by atoms with Crippen molar-refractivity contribution in [1.29, 1.82) is 0 Å². The van der Waals surface area contributed by atoms with Gasteiger partial charge >= 0.3 is 0 Å². The van der Waals surface area contributed by atoms with Crippen molar-refractivity contribution >= 4 is 28.5 Å². The number of anilines is 1. The molecule has 7 heteroatoms. The smallest absolute Gasteiger partial charge is 0.185 e. The van der Waals surface area contributed by atoms with Gasteiger partial charge in [-0.3, -0.25) is 10.4 Å². The van der Waals surface area contributed by atoms with Crippen molar-refractivity contribution in [2.75, 3.05) is 5.43 Å². The molecule has 106 valence electrons. The lowest BCUT2D eigenvalue weighted by molar-refractivity contribution is 0.934. The lowest BCUT2D eigenvalue weighted by Crippen LogP contribution is -2.00. The Morgan fingerprint density at radius 3 is 2.73 bits per heavy atom. The van der Waals surface area contributed by atoms with Crippen LogP contribution in [0.3, 0.4) is 0 Å². The second kappa shape index (κ2) is 5.21. The van der Waals surface area contributed by atoms with E-state index in [2.05, 4.69) is 30.8 Å². The predicted octanol–water partition coefficient (Wildman–Crippen LogP) is 2.12. The third-order valence-electron chi connectivity index (χ3n) is 3.25. The first-order valence-corrected chi connectivity index (χ1v) is 6.70. The summed E-state index contributed by atoms with van der Waals surface area (Å²) in [6.07, 6.45) is 6.73. The van der Waals surface area contributed by atoms with E-state index in [4.69, 9.17) is 0 Å². The summed E-state index contributed by atoms with van der Waals surface area (Å²) in [5.41, 5.74) is 4.66. The predicted molar refractivity (Wildman–Crippen MR) is 83.7 cm³/mol. The first-order chi connectivity index (χ1) is 10.9. The minimum atomic E-state index is 0.646. The molecule has 1 N–H and O–H groups in total. The Bertz CT molecular complexity index is 959. The van der Waals surface area contributed by atoms with Crippen LogP contribution in [0.4, 0.5) is 5.82 Å². The van der Waals surface area contributed by atoms with Crippen LogP contribution < -0.4 is 5.43 Å². The minimum absolute atomic E-state index is 0.646. The first-order valence-electron chi connectivity index (χ1n) is 6.70. The Balaban J connectivity index is 1.75.